The van der Waals surface area contributed by atoms with Gasteiger partial charge >= 0.3 is 5.97 Å². The third kappa shape index (κ3) is 2.93. The second kappa shape index (κ2) is 5.42. The van der Waals surface area contributed by atoms with E-state index in [-0.39, 0.29) is 6.54 Å². The molecule has 18 heavy (non-hydrogen) atoms. The second-order valence-corrected chi connectivity index (χ2v) is 4.01. The molecule has 0 bridgehead atoms. The minimum Gasteiger partial charge on any atom is -0.480 e. The highest BCUT2D eigenvalue weighted by molar-refractivity contribution is 5.69. The molecule has 7 heteroatoms. The quantitative estimate of drug-likeness (QED) is 0.773. The van der Waals surface area contributed by atoms with Gasteiger partial charge in [0, 0.05) is 32.4 Å². The molecule has 1 aliphatic heterocycles. The van der Waals surface area contributed by atoms with E-state index in [1.54, 1.807) is 12.3 Å². The van der Waals surface area contributed by atoms with Crippen LogP contribution in [0.3, 0.4) is 0 Å². The first kappa shape index (κ1) is 12.3. The van der Waals surface area contributed by atoms with Crippen LogP contribution in [0.2, 0.25) is 0 Å². The van der Waals surface area contributed by atoms with Crippen LogP contribution in [-0.4, -0.2) is 58.7 Å². The normalized spacial score (nSPS) is 16.3. The van der Waals surface area contributed by atoms with Crippen molar-refractivity contribution in [3.8, 4) is 6.07 Å². The molecule has 1 aromatic heterocycles. The van der Waals surface area contributed by atoms with E-state index in [9.17, 15) is 4.79 Å². The van der Waals surface area contributed by atoms with Gasteiger partial charge in [0.1, 0.15) is 11.8 Å². The molecular formula is C11H13N5O2. The minimum atomic E-state index is -0.814. The first-order valence-corrected chi connectivity index (χ1v) is 5.61. The maximum atomic E-state index is 10.6. The Bertz CT molecular complexity index is 477. The zero-order valence-corrected chi connectivity index (χ0v) is 9.78. The van der Waals surface area contributed by atoms with Crippen molar-refractivity contribution in [3.63, 3.8) is 0 Å². The summed E-state index contributed by atoms with van der Waals surface area (Å²) in [6, 6.07) is 3.54. The number of nitriles is 1. The van der Waals surface area contributed by atoms with Crippen molar-refractivity contribution >= 4 is 11.9 Å². The van der Waals surface area contributed by atoms with E-state index in [0.717, 1.165) is 0 Å². The topological polar surface area (TPSA) is 93.4 Å². The van der Waals surface area contributed by atoms with Crippen molar-refractivity contribution in [2.45, 2.75) is 0 Å². The summed E-state index contributed by atoms with van der Waals surface area (Å²) in [6.45, 7) is 2.72. The molecule has 0 atom stereocenters. The highest BCUT2D eigenvalue weighted by Gasteiger charge is 2.20. The van der Waals surface area contributed by atoms with Gasteiger partial charge < -0.3 is 10.0 Å². The molecule has 2 rings (SSSR count). The number of hydrogen-bond donors (Lipinski definition) is 1. The summed E-state index contributed by atoms with van der Waals surface area (Å²) >= 11 is 0. The van der Waals surface area contributed by atoms with Gasteiger partial charge in [-0.1, -0.05) is 0 Å². The van der Waals surface area contributed by atoms with Gasteiger partial charge in [-0.25, -0.2) is 9.97 Å². The van der Waals surface area contributed by atoms with Gasteiger partial charge in [-0.3, -0.25) is 9.69 Å². The number of piperazine rings is 1. The second-order valence-electron chi connectivity index (χ2n) is 4.01. The fourth-order valence-electron chi connectivity index (χ4n) is 1.86. The predicted molar refractivity (Wildman–Crippen MR) is 63.0 cm³/mol. The average Bonchev–Trinajstić information content (AvgIpc) is 2.39. The van der Waals surface area contributed by atoms with Crippen LogP contribution in [0.15, 0.2) is 12.3 Å². The number of nitrogens with zero attached hydrogens (tertiary/aromatic N) is 5. The Labute approximate surface area is 104 Å². The molecule has 0 aliphatic carbocycles. The Balaban J connectivity index is 1.97. The molecule has 0 unspecified atom stereocenters. The van der Waals surface area contributed by atoms with Crippen LogP contribution in [-0.2, 0) is 4.79 Å². The van der Waals surface area contributed by atoms with Crippen molar-refractivity contribution in [2.75, 3.05) is 37.6 Å². The van der Waals surface area contributed by atoms with Gasteiger partial charge in [-0.05, 0) is 6.07 Å². The lowest BCUT2D eigenvalue weighted by Crippen LogP contribution is -2.48. The average molecular weight is 247 g/mol. The molecule has 0 amide bonds. The highest BCUT2D eigenvalue weighted by Crippen LogP contribution is 2.10. The van der Waals surface area contributed by atoms with E-state index < -0.39 is 5.97 Å². The summed E-state index contributed by atoms with van der Waals surface area (Å²) in [6.07, 6.45) is 1.56. The lowest BCUT2D eigenvalue weighted by molar-refractivity contribution is -0.138. The number of carbonyl (C=O) groups is 1. The Kier molecular flexibility index (Phi) is 3.69. The molecule has 1 aromatic rings. The van der Waals surface area contributed by atoms with Gasteiger partial charge in [-0.15, -0.1) is 0 Å². The van der Waals surface area contributed by atoms with Crippen LogP contribution in [0.5, 0.6) is 0 Å². The molecule has 1 fully saturated rings. The monoisotopic (exact) mass is 247 g/mol. The molecule has 2 heterocycles. The van der Waals surface area contributed by atoms with E-state index in [4.69, 9.17) is 10.4 Å². The number of aliphatic carboxylic acids is 1. The van der Waals surface area contributed by atoms with Crippen molar-refractivity contribution in [1.82, 2.24) is 14.9 Å². The predicted octanol–water partition coefficient (Wildman–Crippen LogP) is -0.445. The molecule has 1 N–H and O–H groups in total. The molecule has 0 radical (unpaired) electrons. The SMILES string of the molecule is N#Cc1ccnc(N2CCN(CC(=O)O)CC2)n1. The Hall–Kier alpha value is -2.20. The summed E-state index contributed by atoms with van der Waals surface area (Å²) in [5, 5.41) is 17.5. The molecular weight excluding hydrogens is 234 g/mol. The molecule has 1 aliphatic rings. The Morgan fingerprint density at radius 1 is 1.44 bits per heavy atom. The largest absolute Gasteiger partial charge is 0.480 e. The standard InChI is InChI=1S/C11H13N5O2/c12-7-9-1-2-13-11(14-9)16-5-3-15(4-6-16)8-10(17)18/h1-2H,3-6,8H2,(H,17,18). The van der Waals surface area contributed by atoms with Gasteiger partial charge in [0.25, 0.3) is 0 Å². The lowest BCUT2D eigenvalue weighted by Gasteiger charge is -2.33. The number of aromatic nitrogens is 2. The van der Waals surface area contributed by atoms with Gasteiger partial charge in [0.2, 0.25) is 5.95 Å². The summed E-state index contributed by atoms with van der Waals surface area (Å²) < 4.78 is 0. The van der Waals surface area contributed by atoms with Crippen LogP contribution in [0.25, 0.3) is 0 Å². The molecule has 0 aromatic carbocycles. The van der Waals surface area contributed by atoms with Crippen molar-refractivity contribution in [2.24, 2.45) is 0 Å². The van der Waals surface area contributed by atoms with Crippen LogP contribution in [0, 0.1) is 11.3 Å². The fourth-order valence-corrected chi connectivity index (χ4v) is 1.86. The Morgan fingerprint density at radius 3 is 2.78 bits per heavy atom. The highest BCUT2D eigenvalue weighted by atomic mass is 16.4. The van der Waals surface area contributed by atoms with E-state index in [2.05, 4.69) is 9.97 Å². The molecule has 1 saturated heterocycles. The van der Waals surface area contributed by atoms with E-state index >= 15 is 0 Å². The van der Waals surface area contributed by atoms with E-state index in [1.165, 1.54) is 0 Å². The van der Waals surface area contributed by atoms with Crippen molar-refractivity contribution in [1.29, 1.82) is 5.26 Å². The van der Waals surface area contributed by atoms with Crippen molar-refractivity contribution < 1.29 is 9.90 Å². The summed E-state index contributed by atoms with van der Waals surface area (Å²) in [5.41, 5.74) is 0.341. The molecule has 0 saturated carbocycles. The summed E-state index contributed by atoms with van der Waals surface area (Å²) in [4.78, 5) is 22.7. The fraction of sp³-hybridized carbons (Fsp3) is 0.455. The third-order valence-electron chi connectivity index (χ3n) is 2.77. The van der Waals surface area contributed by atoms with Gasteiger partial charge in [0.05, 0.1) is 6.54 Å². The van der Waals surface area contributed by atoms with Crippen LogP contribution < -0.4 is 4.90 Å². The maximum absolute atomic E-state index is 10.6. The van der Waals surface area contributed by atoms with E-state index in [0.29, 0.717) is 37.8 Å². The summed E-state index contributed by atoms with van der Waals surface area (Å²) in [7, 11) is 0. The lowest BCUT2D eigenvalue weighted by atomic mass is 10.3. The van der Waals surface area contributed by atoms with Gasteiger partial charge in [0.15, 0.2) is 0 Å². The first-order valence-electron chi connectivity index (χ1n) is 5.61. The number of carboxylic acids is 1. The first-order chi connectivity index (χ1) is 8.69. The maximum Gasteiger partial charge on any atom is 0.317 e. The zero-order chi connectivity index (χ0) is 13.0. The third-order valence-corrected chi connectivity index (χ3v) is 2.77. The number of carboxylic acid groups (broad SMARTS) is 1. The van der Waals surface area contributed by atoms with Crippen LogP contribution in [0.4, 0.5) is 5.95 Å². The zero-order valence-electron chi connectivity index (χ0n) is 9.78. The van der Waals surface area contributed by atoms with Gasteiger partial charge in [-0.2, -0.15) is 5.26 Å². The summed E-state index contributed by atoms with van der Waals surface area (Å²) in [5.74, 6) is -0.282. The van der Waals surface area contributed by atoms with Crippen molar-refractivity contribution in [3.05, 3.63) is 18.0 Å². The molecule has 7 nitrogen and oxygen atoms in total. The van der Waals surface area contributed by atoms with E-state index in [1.807, 2.05) is 15.9 Å². The number of anilines is 1. The smallest absolute Gasteiger partial charge is 0.317 e. The number of rotatable bonds is 3. The number of hydrogen-bond acceptors (Lipinski definition) is 6. The van der Waals surface area contributed by atoms with Crippen LogP contribution in [0.1, 0.15) is 5.69 Å². The molecule has 0 spiro atoms. The Morgan fingerprint density at radius 2 is 2.17 bits per heavy atom. The minimum absolute atomic E-state index is 0.0624. The molecule has 94 valence electrons. The van der Waals surface area contributed by atoms with Crippen LogP contribution >= 0.6 is 0 Å².